The maximum atomic E-state index is 14.1. The summed E-state index contributed by atoms with van der Waals surface area (Å²) in [7, 11) is 0. The highest BCUT2D eigenvalue weighted by Crippen LogP contribution is 2.29. The van der Waals surface area contributed by atoms with Gasteiger partial charge in [-0.05, 0) is 81.8 Å². The molecule has 0 spiro atoms. The molecule has 1 aromatic heterocycles. The van der Waals surface area contributed by atoms with Crippen LogP contribution in [0.5, 0.6) is 5.75 Å². The van der Waals surface area contributed by atoms with Crippen molar-refractivity contribution in [2.24, 2.45) is 5.92 Å². The second-order valence-corrected chi connectivity index (χ2v) is 11.8. The number of benzene rings is 2. The summed E-state index contributed by atoms with van der Waals surface area (Å²) in [6.45, 7) is 9.85. The Labute approximate surface area is 241 Å². The smallest absolute Gasteiger partial charge is 0.410 e. The number of aromatic nitrogens is 2. The average molecular weight is 558 g/mol. The maximum Gasteiger partial charge on any atom is 0.410 e. The van der Waals surface area contributed by atoms with Crippen LogP contribution in [0.4, 0.5) is 16.6 Å². The van der Waals surface area contributed by atoms with E-state index in [1.54, 1.807) is 22.1 Å². The molecule has 216 valence electrons. The molecule has 0 aliphatic carbocycles. The molecule has 3 aromatic rings. The van der Waals surface area contributed by atoms with E-state index in [1.807, 2.05) is 64.1 Å². The Bertz CT molecular complexity index is 1370. The molecule has 2 atom stereocenters. The molecule has 9 nitrogen and oxygen atoms in total. The Hall–Kier alpha value is -4.14. The molecular weight excluding hydrogens is 518 g/mol. The number of nitrogens with one attached hydrogen (secondary N) is 1. The van der Waals surface area contributed by atoms with E-state index in [-0.39, 0.29) is 24.0 Å². The highest BCUT2D eigenvalue weighted by molar-refractivity contribution is 6.06. The Kier molecular flexibility index (Phi) is 8.42. The molecule has 3 heterocycles. The van der Waals surface area contributed by atoms with E-state index in [4.69, 9.17) is 14.5 Å². The van der Waals surface area contributed by atoms with Gasteiger partial charge in [0.05, 0.1) is 12.6 Å². The SMILES string of the molecule is C[C@H](Nc1nccc(N(CC2CCCN(C(=O)OC(C)(C)C)C2)C(=O)c2ccc3c(c2)CCO3)n1)c1ccccc1. The summed E-state index contributed by atoms with van der Waals surface area (Å²) in [4.78, 5) is 39.6. The molecule has 41 heavy (non-hydrogen) atoms. The van der Waals surface area contributed by atoms with Crippen LogP contribution in [0.1, 0.15) is 68.1 Å². The average Bonchev–Trinajstić information content (AvgIpc) is 3.43. The summed E-state index contributed by atoms with van der Waals surface area (Å²) in [5.74, 6) is 1.70. The van der Waals surface area contributed by atoms with Gasteiger partial charge in [-0.3, -0.25) is 9.69 Å². The lowest BCUT2D eigenvalue weighted by molar-refractivity contribution is 0.0170. The van der Waals surface area contributed by atoms with E-state index in [0.717, 1.165) is 36.1 Å². The number of hydrogen-bond donors (Lipinski definition) is 1. The molecule has 2 aromatic carbocycles. The van der Waals surface area contributed by atoms with Gasteiger partial charge in [0.2, 0.25) is 5.95 Å². The van der Waals surface area contributed by atoms with Gasteiger partial charge in [0.25, 0.3) is 5.91 Å². The number of hydrogen-bond acceptors (Lipinski definition) is 7. The zero-order valence-electron chi connectivity index (χ0n) is 24.3. The molecule has 1 unspecified atom stereocenters. The van der Waals surface area contributed by atoms with Gasteiger partial charge in [0.15, 0.2) is 0 Å². The predicted octanol–water partition coefficient (Wildman–Crippen LogP) is 5.88. The van der Waals surface area contributed by atoms with Crippen molar-refractivity contribution < 1.29 is 19.1 Å². The third-order valence-corrected chi connectivity index (χ3v) is 7.36. The maximum absolute atomic E-state index is 14.1. The Morgan fingerprint density at radius 3 is 2.76 bits per heavy atom. The van der Waals surface area contributed by atoms with Gasteiger partial charge in [-0.2, -0.15) is 4.98 Å². The molecule has 0 radical (unpaired) electrons. The number of rotatable bonds is 7. The molecule has 5 rings (SSSR count). The topological polar surface area (TPSA) is 96.9 Å². The van der Waals surface area contributed by atoms with Crippen molar-refractivity contribution in [3.8, 4) is 5.75 Å². The number of ether oxygens (including phenoxy) is 2. The zero-order valence-corrected chi connectivity index (χ0v) is 24.3. The van der Waals surface area contributed by atoms with Crippen molar-refractivity contribution in [2.45, 2.75) is 58.6 Å². The van der Waals surface area contributed by atoms with Crippen molar-refractivity contribution >= 4 is 23.8 Å². The molecule has 0 bridgehead atoms. The lowest BCUT2D eigenvalue weighted by Gasteiger charge is -2.36. The van der Waals surface area contributed by atoms with E-state index < -0.39 is 5.60 Å². The minimum absolute atomic E-state index is 0.0203. The minimum atomic E-state index is -0.565. The molecule has 1 saturated heterocycles. The van der Waals surface area contributed by atoms with Crippen LogP contribution >= 0.6 is 0 Å². The van der Waals surface area contributed by atoms with E-state index in [9.17, 15) is 9.59 Å². The molecular formula is C32H39N5O4. The summed E-state index contributed by atoms with van der Waals surface area (Å²) >= 11 is 0. The van der Waals surface area contributed by atoms with Crippen LogP contribution in [0.15, 0.2) is 60.8 Å². The van der Waals surface area contributed by atoms with Crippen LogP contribution in [-0.2, 0) is 11.2 Å². The number of nitrogens with zero attached hydrogens (tertiary/aromatic N) is 4. The van der Waals surface area contributed by atoms with Crippen molar-refractivity contribution in [2.75, 3.05) is 36.5 Å². The van der Waals surface area contributed by atoms with Crippen LogP contribution in [0.3, 0.4) is 0 Å². The molecule has 2 aliphatic rings. The van der Waals surface area contributed by atoms with Gasteiger partial charge in [0.1, 0.15) is 17.2 Å². The van der Waals surface area contributed by atoms with Crippen molar-refractivity contribution in [1.29, 1.82) is 0 Å². The lowest BCUT2D eigenvalue weighted by atomic mass is 9.97. The van der Waals surface area contributed by atoms with Gasteiger partial charge >= 0.3 is 6.09 Å². The highest BCUT2D eigenvalue weighted by Gasteiger charge is 2.31. The summed E-state index contributed by atoms with van der Waals surface area (Å²) in [5.41, 5.74) is 2.16. The Morgan fingerprint density at radius 2 is 1.98 bits per heavy atom. The van der Waals surface area contributed by atoms with Crippen molar-refractivity contribution in [3.05, 3.63) is 77.5 Å². The fraction of sp³-hybridized carbons (Fsp3) is 0.438. The Morgan fingerprint density at radius 1 is 1.17 bits per heavy atom. The van der Waals surface area contributed by atoms with Gasteiger partial charge in [-0.25, -0.2) is 9.78 Å². The molecule has 2 amide bonds. The molecule has 9 heteroatoms. The molecule has 0 saturated carbocycles. The van der Waals surface area contributed by atoms with Crippen LogP contribution in [0.2, 0.25) is 0 Å². The summed E-state index contributed by atoms with van der Waals surface area (Å²) in [6, 6.07) is 17.4. The van der Waals surface area contributed by atoms with Gasteiger partial charge < -0.3 is 19.7 Å². The lowest BCUT2D eigenvalue weighted by Crippen LogP contribution is -2.46. The second kappa shape index (κ2) is 12.2. The van der Waals surface area contributed by atoms with Crippen LogP contribution in [-0.4, -0.2) is 58.7 Å². The molecule has 2 aliphatic heterocycles. The first-order valence-corrected chi connectivity index (χ1v) is 14.4. The first kappa shape index (κ1) is 28.4. The largest absolute Gasteiger partial charge is 0.493 e. The first-order chi connectivity index (χ1) is 19.7. The van der Waals surface area contributed by atoms with Crippen LogP contribution < -0.4 is 15.0 Å². The monoisotopic (exact) mass is 557 g/mol. The van der Waals surface area contributed by atoms with Crippen LogP contribution in [0.25, 0.3) is 0 Å². The van der Waals surface area contributed by atoms with Crippen molar-refractivity contribution in [1.82, 2.24) is 14.9 Å². The normalized spacial score (nSPS) is 17.3. The van der Waals surface area contributed by atoms with Crippen LogP contribution in [0, 0.1) is 5.92 Å². The first-order valence-electron chi connectivity index (χ1n) is 14.4. The third kappa shape index (κ3) is 7.14. The number of amides is 2. The van der Waals surface area contributed by atoms with Gasteiger partial charge in [-0.15, -0.1) is 0 Å². The zero-order chi connectivity index (χ0) is 29.0. The van der Waals surface area contributed by atoms with E-state index >= 15 is 0 Å². The quantitative estimate of drug-likeness (QED) is 0.388. The number of anilines is 2. The van der Waals surface area contributed by atoms with Gasteiger partial charge in [-0.1, -0.05) is 30.3 Å². The Balaban J connectivity index is 1.40. The summed E-state index contributed by atoms with van der Waals surface area (Å²) in [6.07, 6.45) is 3.87. The number of carbonyl (C=O) groups excluding carboxylic acids is 2. The van der Waals surface area contributed by atoms with E-state index in [1.165, 1.54) is 0 Å². The minimum Gasteiger partial charge on any atom is -0.493 e. The third-order valence-electron chi connectivity index (χ3n) is 7.36. The molecule has 1 fully saturated rings. The number of carbonyl (C=O) groups is 2. The van der Waals surface area contributed by atoms with Gasteiger partial charge in [0, 0.05) is 37.8 Å². The fourth-order valence-corrected chi connectivity index (χ4v) is 5.31. The fourth-order valence-electron chi connectivity index (χ4n) is 5.31. The second-order valence-electron chi connectivity index (χ2n) is 11.8. The number of piperidine rings is 1. The summed E-state index contributed by atoms with van der Waals surface area (Å²) < 4.78 is 11.3. The van der Waals surface area contributed by atoms with Crippen molar-refractivity contribution in [3.63, 3.8) is 0 Å². The number of fused-ring (bicyclic) bond motifs is 1. The van der Waals surface area contributed by atoms with E-state index in [0.29, 0.717) is 43.6 Å². The molecule has 1 N–H and O–H groups in total. The van der Waals surface area contributed by atoms with E-state index in [2.05, 4.69) is 22.4 Å². The standard InChI is InChI=1S/C32H39N5O4/c1-22(24-10-6-5-7-11-24)34-30-33-16-14-28(35-30)37(29(38)26-12-13-27-25(19-26)15-18-40-27)21-23-9-8-17-36(20-23)31(39)41-32(2,3)4/h5-7,10-14,16,19,22-23H,8-9,15,17-18,20-21H2,1-4H3,(H,33,34,35)/t22-,23?/m0/s1. The number of likely N-dealkylation sites (tertiary alicyclic amines) is 1. The summed E-state index contributed by atoms with van der Waals surface area (Å²) in [5, 5.41) is 3.37. The predicted molar refractivity (Wildman–Crippen MR) is 158 cm³/mol. The highest BCUT2D eigenvalue weighted by atomic mass is 16.6.